The molecule has 1 rings (SSSR count). The molecule has 0 spiro atoms. The summed E-state index contributed by atoms with van der Waals surface area (Å²) >= 11 is 5.68. The predicted octanol–water partition coefficient (Wildman–Crippen LogP) is 2.02. The van der Waals surface area contributed by atoms with Crippen LogP contribution in [0.5, 0.6) is 0 Å². The van der Waals surface area contributed by atoms with Crippen molar-refractivity contribution in [2.45, 2.75) is 13.0 Å². The molecule has 0 aliphatic heterocycles. The zero-order chi connectivity index (χ0) is 8.27. The van der Waals surface area contributed by atoms with Gasteiger partial charge in [0.25, 0.3) is 0 Å². The third-order valence-corrected chi connectivity index (χ3v) is 1.85. The smallest absolute Gasteiger partial charge is 0.0589 e. The first kappa shape index (κ1) is 8.50. The van der Waals surface area contributed by atoms with Crippen LogP contribution in [0, 0.1) is 0 Å². The van der Waals surface area contributed by atoms with Crippen LogP contribution in [-0.4, -0.2) is 12.0 Å². The lowest BCUT2D eigenvalue weighted by Gasteiger charge is -2.08. The van der Waals surface area contributed by atoms with E-state index in [1.165, 1.54) is 0 Å². The molecule has 11 heavy (non-hydrogen) atoms. The van der Waals surface area contributed by atoms with Crippen molar-refractivity contribution in [3.05, 3.63) is 29.0 Å². The normalized spacial score (nSPS) is 13.0. The molecule has 60 valence electrons. The third-order valence-electron chi connectivity index (χ3n) is 1.63. The zero-order valence-electron chi connectivity index (χ0n) is 6.63. The van der Waals surface area contributed by atoms with Gasteiger partial charge in [-0.25, -0.2) is 0 Å². The van der Waals surface area contributed by atoms with E-state index in [0.717, 1.165) is 5.69 Å². The van der Waals surface area contributed by atoms with Gasteiger partial charge in [0.05, 0.1) is 10.7 Å². The number of halogens is 1. The van der Waals surface area contributed by atoms with Crippen LogP contribution < -0.4 is 5.32 Å². The number of nitrogens with one attached hydrogen (secondary N) is 1. The van der Waals surface area contributed by atoms with Crippen LogP contribution in [0.15, 0.2) is 18.3 Å². The summed E-state index contributed by atoms with van der Waals surface area (Å²) in [6, 6.07) is 4.05. The Labute approximate surface area is 71.6 Å². The standard InChI is InChI=1S/C8H11ClN2/c1-6(10-2)8-4-3-7(9)5-11-8/h3-6,10H,1-2H3. The van der Waals surface area contributed by atoms with Crippen molar-refractivity contribution in [1.82, 2.24) is 10.3 Å². The molecule has 1 unspecified atom stereocenters. The van der Waals surface area contributed by atoms with Crippen LogP contribution in [-0.2, 0) is 0 Å². The van der Waals surface area contributed by atoms with Gasteiger partial charge in [-0.1, -0.05) is 11.6 Å². The van der Waals surface area contributed by atoms with Gasteiger partial charge in [-0.05, 0) is 26.1 Å². The van der Waals surface area contributed by atoms with Gasteiger partial charge in [0, 0.05) is 12.2 Å². The Morgan fingerprint density at radius 2 is 2.27 bits per heavy atom. The first-order chi connectivity index (χ1) is 5.24. The van der Waals surface area contributed by atoms with Gasteiger partial charge in [-0.15, -0.1) is 0 Å². The molecular weight excluding hydrogens is 160 g/mol. The molecule has 0 saturated carbocycles. The highest BCUT2D eigenvalue weighted by Crippen LogP contribution is 2.11. The average molecular weight is 171 g/mol. The topological polar surface area (TPSA) is 24.9 Å². The number of aromatic nitrogens is 1. The minimum atomic E-state index is 0.285. The Hall–Kier alpha value is -0.600. The van der Waals surface area contributed by atoms with Gasteiger partial charge in [0.15, 0.2) is 0 Å². The van der Waals surface area contributed by atoms with E-state index in [1.807, 2.05) is 19.2 Å². The molecule has 0 aromatic carbocycles. The molecule has 0 bridgehead atoms. The fraction of sp³-hybridized carbons (Fsp3) is 0.375. The highest BCUT2D eigenvalue weighted by Gasteiger charge is 2.01. The first-order valence-electron chi connectivity index (χ1n) is 3.52. The molecule has 1 atom stereocenters. The number of rotatable bonds is 2. The second kappa shape index (κ2) is 3.69. The summed E-state index contributed by atoms with van der Waals surface area (Å²) in [6.45, 7) is 2.05. The molecule has 0 saturated heterocycles. The molecule has 1 aromatic rings. The van der Waals surface area contributed by atoms with Crippen LogP contribution in [0.2, 0.25) is 5.02 Å². The van der Waals surface area contributed by atoms with Crippen LogP contribution >= 0.6 is 11.6 Å². The Morgan fingerprint density at radius 3 is 2.73 bits per heavy atom. The summed E-state index contributed by atoms with van der Waals surface area (Å²) < 4.78 is 0. The zero-order valence-corrected chi connectivity index (χ0v) is 7.39. The van der Waals surface area contributed by atoms with E-state index < -0.39 is 0 Å². The lowest BCUT2D eigenvalue weighted by molar-refractivity contribution is 0.633. The summed E-state index contributed by atoms with van der Waals surface area (Å²) in [5, 5.41) is 3.77. The monoisotopic (exact) mass is 170 g/mol. The summed E-state index contributed by atoms with van der Waals surface area (Å²) in [6.07, 6.45) is 1.66. The largest absolute Gasteiger partial charge is 0.312 e. The molecule has 0 fully saturated rings. The van der Waals surface area contributed by atoms with Gasteiger partial charge in [-0.3, -0.25) is 4.98 Å². The molecule has 2 nitrogen and oxygen atoms in total. The van der Waals surface area contributed by atoms with Crippen molar-refractivity contribution < 1.29 is 0 Å². The van der Waals surface area contributed by atoms with Gasteiger partial charge in [0.1, 0.15) is 0 Å². The van der Waals surface area contributed by atoms with E-state index >= 15 is 0 Å². The fourth-order valence-electron chi connectivity index (χ4n) is 0.791. The van der Waals surface area contributed by atoms with Crippen molar-refractivity contribution in [2.24, 2.45) is 0 Å². The minimum Gasteiger partial charge on any atom is -0.312 e. The number of pyridine rings is 1. The maximum atomic E-state index is 5.68. The van der Waals surface area contributed by atoms with Crippen LogP contribution in [0.4, 0.5) is 0 Å². The predicted molar refractivity (Wildman–Crippen MR) is 46.7 cm³/mol. The van der Waals surface area contributed by atoms with Crippen molar-refractivity contribution in [3.8, 4) is 0 Å². The van der Waals surface area contributed by atoms with Crippen molar-refractivity contribution in [3.63, 3.8) is 0 Å². The van der Waals surface area contributed by atoms with Gasteiger partial charge < -0.3 is 5.32 Å². The molecule has 0 aliphatic carbocycles. The molecule has 1 aromatic heterocycles. The number of hydrogen-bond donors (Lipinski definition) is 1. The van der Waals surface area contributed by atoms with Gasteiger partial charge in [-0.2, -0.15) is 0 Å². The highest BCUT2D eigenvalue weighted by molar-refractivity contribution is 6.30. The number of nitrogens with zero attached hydrogens (tertiary/aromatic N) is 1. The molecule has 1 heterocycles. The Kier molecular flexibility index (Phi) is 2.85. The quantitative estimate of drug-likeness (QED) is 0.735. The Morgan fingerprint density at radius 1 is 1.55 bits per heavy atom. The first-order valence-corrected chi connectivity index (χ1v) is 3.90. The van der Waals surface area contributed by atoms with Crippen LogP contribution in [0.3, 0.4) is 0 Å². The molecule has 1 N–H and O–H groups in total. The Bertz CT molecular complexity index is 220. The van der Waals surface area contributed by atoms with Crippen LogP contribution in [0.1, 0.15) is 18.7 Å². The van der Waals surface area contributed by atoms with Gasteiger partial charge in [0.2, 0.25) is 0 Å². The SMILES string of the molecule is CNC(C)c1ccc(Cl)cn1. The third kappa shape index (κ3) is 2.17. The maximum absolute atomic E-state index is 5.68. The number of hydrogen-bond acceptors (Lipinski definition) is 2. The lowest BCUT2D eigenvalue weighted by Crippen LogP contribution is -2.13. The van der Waals surface area contributed by atoms with E-state index in [-0.39, 0.29) is 6.04 Å². The van der Waals surface area contributed by atoms with E-state index in [1.54, 1.807) is 6.20 Å². The second-order valence-electron chi connectivity index (χ2n) is 2.41. The van der Waals surface area contributed by atoms with Crippen LogP contribution in [0.25, 0.3) is 0 Å². The Balaban J connectivity index is 2.81. The van der Waals surface area contributed by atoms with Gasteiger partial charge >= 0.3 is 0 Å². The van der Waals surface area contributed by atoms with E-state index in [0.29, 0.717) is 5.02 Å². The van der Waals surface area contributed by atoms with Crippen molar-refractivity contribution >= 4 is 11.6 Å². The molecule has 0 amide bonds. The molecule has 3 heteroatoms. The van der Waals surface area contributed by atoms with E-state index in [4.69, 9.17) is 11.6 Å². The molecule has 0 radical (unpaired) electrons. The fourth-order valence-corrected chi connectivity index (χ4v) is 0.903. The highest BCUT2D eigenvalue weighted by atomic mass is 35.5. The van der Waals surface area contributed by atoms with E-state index in [9.17, 15) is 0 Å². The van der Waals surface area contributed by atoms with Crippen molar-refractivity contribution in [2.75, 3.05) is 7.05 Å². The maximum Gasteiger partial charge on any atom is 0.0589 e. The summed E-state index contributed by atoms with van der Waals surface area (Å²) in [4.78, 5) is 4.15. The van der Waals surface area contributed by atoms with Crippen molar-refractivity contribution in [1.29, 1.82) is 0 Å². The molecular formula is C8H11ClN2. The second-order valence-corrected chi connectivity index (χ2v) is 2.85. The summed E-state index contributed by atoms with van der Waals surface area (Å²) in [7, 11) is 1.90. The average Bonchev–Trinajstić information content (AvgIpc) is 2.05. The summed E-state index contributed by atoms with van der Waals surface area (Å²) in [5.74, 6) is 0. The minimum absolute atomic E-state index is 0.285. The molecule has 0 aliphatic rings. The van der Waals surface area contributed by atoms with E-state index in [2.05, 4.69) is 17.2 Å². The lowest BCUT2D eigenvalue weighted by atomic mass is 10.2. The summed E-state index contributed by atoms with van der Waals surface area (Å²) in [5.41, 5.74) is 1.01.